The number of nitrogens with zero attached hydrogens (tertiary/aromatic N) is 15. The minimum Gasteiger partial charge on any atom is -0.418 e. The fourth-order valence-corrected chi connectivity index (χ4v) is 20.4. The van der Waals surface area contributed by atoms with Gasteiger partial charge in [-0.1, -0.05) is 149 Å². The first-order valence-electron chi connectivity index (χ1n) is 45.2. The minimum absolute atomic E-state index is 0.0285. The molecule has 5 aliphatic heterocycles. The van der Waals surface area contributed by atoms with Crippen LogP contribution >= 0.6 is 22.7 Å². The fourth-order valence-electron chi connectivity index (χ4n) is 18.8. The largest absolute Gasteiger partial charge is 0.418 e. The number of benzene rings is 4. The molecular weight excluding hydrogens is 1590 g/mol. The van der Waals surface area contributed by atoms with Crippen LogP contribution in [0.1, 0.15) is 216 Å². The molecule has 28 heteroatoms. The van der Waals surface area contributed by atoms with Crippen LogP contribution in [0.2, 0.25) is 0 Å². The van der Waals surface area contributed by atoms with Crippen molar-refractivity contribution in [1.29, 1.82) is 0 Å². The monoisotopic (exact) mass is 1720 g/mol. The third-order valence-electron chi connectivity index (χ3n) is 26.8. The number of nitrogens with one attached hydrogen (secondary N) is 6. The zero-order chi connectivity index (χ0) is 87.4. The predicted octanol–water partition coefficient (Wildman–Crippen LogP) is 17.2. The molecule has 5 fully saturated rings. The van der Waals surface area contributed by atoms with Crippen LogP contribution in [-0.2, 0) is 25.7 Å². The Hall–Kier alpha value is -9.97. The van der Waals surface area contributed by atoms with Gasteiger partial charge in [-0.25, -0.2) is 4.98 Å². The summed E-state index contributed by atoms with van der Waals surface area (Å²) >= 11 is 2.93. The molecule has 6 atom stereocenters. The Kier molecular flexibility index (Phi) is 29.5. The van der Waals surface area contributed by atoms with Crippen molar-refractivity contribution in [1.82, 2.24) is 85.4 Å². The minimum atomic E-state index is -0.203. The Bertz CT molecular complexity index is 4880. The quantitative estimate of drug-likeness (QED) is 0.0220. The number of aromatic nitrogens is 12. The average molecular weight is 1720 g/mol. The maximum atomic E-state index is 13.1. The lowest BCUT2D eigenvalue weighted by atomic mass is 9.90. The molecule has 13 heterocycles. The summed E-state index contributed by atoms with van der Waals surface area (Å²) in [6, 6.07) is 35.1. The van der Waals surface area contributed by atoms with Crippen molar-refractivity contribution in [2.24, 2.45) is 17.8 Å². The molecule has 0 saturated carbocycles. The Morgan fingerprint density at radius 3 is 1.30 bits per heavy atom. The smallest absolute Gasteiger partial charge is 0.298 e. The van der Waals surface area contributed by atoms with Crippen LogP contribution < -0.4 is 24.9 Å². The molecule has 12 aromatic rings. The second-order valence-corrected chi connectivity index (χ2v) is 39.2. The van der Waals surface area contributed by atoms with Gasteiger partial charge in [-0.2, -0.15) is 4.98 Å². The second kappa shape index (κ2) is 40.6. The summed E-state index contributed by atoms with van der Waals surface area (Å²) in [5, 5.41) is 35.7. The number of carbonyl (C=O) groups is 4. The summed E-state index contributed by atoms with van der Waals surface area (Å²) < 4.78 is 5.88. The number of hydrogen-bond acceptors (Lipinski definition) is 22. The molecule has 26 nitrogen and oxygen atoms in total. The van der Waals surface area contributed by atoms with E-state index in [4.69, 9.17) is 4.42 Å². The Labute approximate surface area is 738 Å². The van der Waals surface area contributed by atoms with Crippen molar-refractivity contribution in [3.63, 3.8) is 0 Å². The third kappa shape index (κ3) is 21.9. The number of oxazole rings is 1. The zero-order valence-electron chi connectivity index (χ0n) is 75.5. The van der Waals surface area contributed by atoms with E-state index in [2.05, 4.69) is 294 Å². The van der Waals surface area contributed by atoms with Gasteiger partial charge >= 0.3 is 0 Å². The van der Waals surface area contributed by atoms with E-state index in [1.54, 1.807) is 6.20 Å². The van der Waals surface area contributed by atoms with Gasteiger partial charge in [-0.15, -0.1) is 25.5 Å². The van der Waals surface area contributed by atoms with Crippen molar-refractivity contribution in [2.45, 2.75) is 213 Å². The van der Waals surface area contributed by atoms with Crippen LogP contribution in [-0.4, -0.2) is 238 Å². The molecule has 124 heavy (non-hydrogen) atoms. The van der Waals surface area contributed by atoms with Crippen molar-refractivity contribution in [2.75, 3.05) is 120 Å². The van der Waals surface area contributed by atoms with Gasteiger partial charge in [0.1, 0.15) is 0 Å². The van der Waals surface area contributed by atoms with Crippen LogP contribution in [0.3, 0.4) is 0 Å². The Balaban J connectivity index is 0.000000135. The molecule has 6 N–H and O–H groups in total. The second-order valence-electron chi connectivity index (χ2n) is 37.3. The van der Waals surface area contributed by atoms with Gasteiger partial charge in [0.25, 0.3) is 11.9 Å². The lowest BCUT2D eigenvalue weighted by Crippen LogP contribution is -2.58. The van der Waals surface area contributed by atoms with Gasteiger partial charge in [-0.05, 0) is 198 Å². The van der Waals surface area contributed by atoms with Gasteiger partial charge < -0.3 is 49.3 Å². The number of Topliss-reactive ketones (excluding diaryl/α,β-unsaturated/α-hetero) is 3. The highest BCUT2D eigenvalue weighted by atomic mass is 32.1. The number of likely N-dealkylation sites (N-methyl/N-ethyl adjacent to an activating group) is 4. The van der Waals surface area contributed by atoms with E-state index in [1.807, 2.05) is 30.5 Å². The topological polar surface area (TPSA) is 289 Å². The van der Waals surface area contributed by atoms with Crippen LogP contribution in [0.15, 0.2) is 132 Å². The number of fused-ring (bicyclic) bond motifs is 6. The van der Waals surface area contributed by atoms with E-state index >= 15 is 0 Å². The SMILES string of the molecule is CCCC(CC(=O)c1nc(N2CCN(C)C(C)(C)C2)n[nH]1)Cc1c[nH]c2ccccc12.CCCC(CC(=O)c1nnc(N2CC3CCC(C2)N3C)s1)Cc1c[nH]c2ccccc12.CCCC(CC(=O)c1nnc(N2CCN(C)C(C)(C)C2)s1)Cc1c[nH]c2ccccc12.CCCC(Cc1c[nH]c2ccccc12)NC(=O)c1cnc(N2CCN(C)C(C)(C)C2)o1. The van der Waals surface area contributed by atoms with Gasteiger partial charge in [0.05, 0.1) is 6.20 Å². The first kappa shape index (κ1) is 90.3. The number of carbonyl (C=O) groups excluding carboxylic acids is 4. The molecule has 0 radical (unpaired) electrons. The number of amides is 1. The molecule has 5 saturated heterocycles. The number of anilines is 4. The average Bonchev–Trinajstić information content (AvgIpc) is 1.42. The van der Waals surface area contributed by atoms with Crippen LogP contribution in [0, 0.1) is 17.8 Å². The summed E-state index contributed by atoms with van der Waals surface area (Å²) in [6.45, 7) is 32.0. The molecule has 662 valence electrons. The summed E-state index contributed by atoms with van der Waals surface area (Å²) in [6.07, 6.45) is 25.6. The van der Waals surface area contributed by atoms with Gasteiger partial charge in [0.15, 0.2) is 33.2 Å². The fraction of sp³-hybridized carbons (Fsp3) is 0.531. The number of hydrogen-bond donors (Lipinski definition) is 6. The zero-order valence-corrected chi connectivity index (χ0v) is 77.1. The maximum Gasteiger partial charge on any atom is 0.298 e. The van der Waals surface area contributed by atoms with Crippen LogP contribution in [0.25, 0.3) is 43.6 Å². The normalized spacial score (nSPS) is 19.0. The van der Waals surface area contributed by atoms with Crippen molar-refractivity contribution >= 4 is 112 Å². The summed E-state index contributed by atoms with van der Waals surface area (Å²) in [5.41, 5.74) is 9.83. The first-order chi connectivity index (χ1) is 59.7. The predicted molar refractivity (Wildman–Crippen MR) is 502 cm³/mol. The summed E-state index contributed by atoms with van der Waals surface area (Å²) in [5.74, 6) is 2.31. The van der Waals surface area contributed by atoms with Gasteiger partial charge in [0, 0.05) is 194 Å². The highest BCUT2D eigenvalue weighted by Gasteiger charge is 2.40. The molecule has 5 aliphatic rings. The van der Waals surface area contributed by atoms with E-state index in [-0.39, 0.29) is 57.6 Å². The molecule has 17 rings (SSSR count). The number of ketones is 3. The molecule has 6 unspecified atom stereocenters. The van der Waals surface area contributed by atoms with Gasteiger partial charge in [-0.3, -0.25) is 43.9 Å². The van der Waals surface area contributed by atoms with E-state index < -0.39 is 0 Å². The van der Waals surface area contributed by atoms with E-state index in [0.29, 0.717) is 71.0 Å². The number of H-pyrrole nitrogens is 5. The number of piperazine rings is 4. The van der Waals surface area contributed by atoms with Gasteiger partial charge in [0.2, 0.25) is 22.0 Å². The molecule has 1 amide bonds. The van der Waals surface area contributed by atoms with Crippen molar-refractivity contribution in [3.05, 3.63) is 172 Å². The van der Waals surface area contributed by atoms with E-state index in [1.165, 1.54) is 79.3 Å². The summed E-state index contributed by atoms with van der Waals surface area (Å²) in [7, 11) is 8.67. The Morgan fingerprint density at radius 2 is 0.863 bits per heavy atom. The Morgan fingerprint density at radius 1 is 0.476 bits per heavy atom. The number of para-hydroxylation sites is 4. The van der Waals surface area contributed by atoms with Crippen LogP contribution in [0.5, 0.6) is 0 Å². The molecule has 0 spiro atoms. The molecule has 8 aromatic heterocycles. The first-order valence-corrected chi connectivity index (χ1v) is 46.9. The number of rotatable bonds is 31. The highest BCUT2D eigenvalue weighted by molar-refractivity contribution is 7.17. The molecular formula is C96H131N21O5S2. The standard InChI is InChI=1S/C24H34N6O.C24H33N5O2.C24H31N5OS.C24H33N5OS/c1-5-8-17(13-18-15-25-20-10-7-6-9-19(18)20)14-21(31)22-26-23(28-27-22)30-12-11-29(4)24(2,3)16-30;1-5-8-18(13-17-14-25-20-10-7-6-9-19(17)20)27-22(30)21-15-26-23(31-21)29-12-11-28(4)24(2,3)16-29;1-3-6-16(11-17-13-25-21-8-5-4-7-20(17)21)12-22(30)23-26-27-24(31-23)29-14-18-9-10-19(15-29)28(18)2;1-5-8-17(13-18-15-25-20-10-7-6-9-19(18)20)14-21(30)22-26-27-23(31-22)29-12-11-28(4)24(2,3)16-29/h6-7,9-10,15,17,25H,5,8,11-14,16H2,1-4H3,(H,26,27,28);6-7,9-10,14-15,18,25H,5,8,11-13,16H2,1-4H3,(H,27,30);4-5,7-8,13,16,18-19,25H,3,6,9-12,14-15H2,1-2H3;6-7,9-10,15,17,25H,5,8,11-14,16H2,1-4H3. The lowest BCUT2D eigenvalue weighted by molar-refractivity contribution is 0.0903. The summed E-state index contributed by atoms with van der Waals surface area (Å²) in [4.78, 5) is 92.9. The maximum absolute atomic E-state index is 13.1. The van der Waals surface area contributed by atoms with E-state index in [9.17, 15) is 19.2 Å². The van der Waals surface area contributed by atoms with Crippen LogP contribution in [0.4, 0.5) is 22.2 Å². The highest BCUT2D eigenvalue weighted by Crippen LogP contribution is 2.37. The third-order valence-corrected chi connectivity index (χ3v) is 28.9. The molecule has 4 aromatic carbocycles. The molecule has 0 aliphatic carbocycles. The van der Waals surface area contributed by atoms with Crippen molar-refractivity contribution < 1.29 is 23.6 Å². The lowest BCUT2D eigenvalue weighted by Gasteiger charge is -2.45. The molecule has 2 bridgehead atoms. The number of aromatic amines is 5. The van der Waals surface area contributed by atoms with E-state index in [0.717, 1.165) is 181 Å². The van der Waals surface area contributed by atoms with Crippen molar-refractivity contribution in [3.8, 4) is 0 Å².